The number of rotatable bonds is 15. The Morgan fingerprint density at radius 1 is 0.816 bits per heavy atom. The van der Waals surface area contributed by atoms with Gasteiger partial charge in [-0.05, 0) is 51.0 Å². The van der Waals surface area contributed by atoms with Crippen LogP contribution in [0.25, 0.3) is 0 Å². The minimum absolute atomic E-state index is 0.0551. The lowest BCUT2D eigenvalue weighted by Crippen LogP contribution is -2.27. The van der Waals surface area contributed by atoms with Crippen molar-refractivity contribution < 1.29 is 28.7 Å². The molecule has 0 amide bonds. The van der Waals surface area contributed by atoms with E-state index in [-0.39, 0.29) is 47.9 Å². The third kappa shape index (κ3) is 18.5. The number of carbonyl (C=O) groups excluding carboxylic acids is 4. The van der Waals surface area contributed by atoms with E-state index in [1.54, 1.807) is 17.1 Å². The highest BCUT2D eigenvalue weighted by atomic mass is 16.5. The van der Waals surface area contributed by atoms with Gasteiger partial charge >= 0.3 is 0 Å². The number of Topliss-reactive ketones (excluding diaryl/α,β-unsaturated/α-hetero) is 4. The molecule has 278 valence electrons. The second-order valence-electron chi connectivity index (χ2n) is 14.5. The van der Waals surface area contributed by atoms with Crippen molar-refractivity contribution in [2.45, 2.75) is 133 Å². The summed E-state index contributed by atoms with van der Waals surface area (Å²) in [5.41, 5.74) is 3.05. The molecule has 0 bridgehead atoms. The molecule has 0 spiro atoms. The van der Waals surface area contributed by atoms with Crippen LogP contribution in [0.4, 0.5) is 0 Å². The van der Waals surface area contributed by atoms with Crippen LogP contribution in [0, 0.1) is 36.5 Å². The maximum Gasteiger partial charge on any atom is 0.168 e. The molecule has 10 nitrogen and oxygen atoms in total. The van der Waals surface area contributed by atoms with Gasteiger partial charge in [-0.2, -0.15) is 10.2 Å². The van der Waals surface area contributed by atoms with Gasteiger partial charge in [0.25, 0.3) is 0 Å². The van der Waals surface area contributed by atoms with E-state index in [0.717, 1.165) is 57.8 Å². The fourth-order valence-electron chi connectivity index (χ4n) is 4.71. The molecule has 0 unspecified atom stereocenters. The van der Waals surface area contributed by atoms with Gasteiger partial charge < -0.3 is 9.47 Å². The fourth-order valence-corrected chi connectivity index (χ4v) is 4.71. The molecule has 0 N–H and O–H groups in total. The Labute approximate surface area is 296 Å². The molecule has 4 rings (SSSR count). The number of aromatic nitrogens is 4. The van der Waals surface area contributed by atoms with Crippen LogP contribution < -0.4 is 0 Å². The summed E-state index contributed by atoms with van der Waals surface area (Å²) in [6.45, 7) is 22.1. The Morgan fingerprint density at radius 3 is 1.84 bits per heavy atom. The zero-order chi connectivity index (χ0) is 37.1. The standard InChI is InChI=1S/C11H18N2O.C10H18O3.C9H14N2O.C9H16O/c1-8(2)11(14)6-5-10-9(3)7-12-13(10)4;1-8(2)10(11)7-13-9-3-5-12-6-4-9;1-4-11-6-8(5-10-11)9(12)7(2)3;1-7(2)9(10)6-5-8-3-4-8/h7-8H,5-6H2,1-4H3;8-9H,3-7H2,1-2H3;5-7H,4H2,1-3H3;7-8H,3-6H2,1-2H3. The molecule has 1 aliphatic heterocycles. The number of nitrogens with zero attached hydrogens (tertiary/aromatic N) is 4. The van der Waals surface area contributed by atoms with Gasteiger partial charge in [0.1, 0.15) is 18.2 Å². The monoisotopic (exact) mass is 686 g/mol. The van der Waals surface area contributed by atoms with Crippen molar-refractivity contribution in [2.75, 3.05) is 19.8 Å². The van der Waals surface area contributed by atoms with Crippen molar-refractivity contribution in [1.29, 1.82) is 0 Å². The predicted octanol–water partition coefficient (Wildman–Crippen LogP) is 7.44. The molecule has 1 aliphatic carbocycles. The molecular weight excluding hydrogens is 620 g/mol. The summed E-state index contributed by atoms with van der Waals surface area (Å²) < 4.78 is 14.3. The highest BCUT2D eigenvalue weighted by Gasteiger charge is 2.22. The Hall–Kier alpha value is -2.98. The first-order valence-corrected chi connectivity index (χ1v) is 18.4. The maximum absolute atomic E-state index is 11.4. The van der Waals surface area contributed by atoms with Crippen LogP contribution in [0.15, 0.2) is 18.6 Å². The summed E-state index contributed by atoms with van der Waals surface area (Å²) >= 11 is 0. The average molecular weight is 687 g/mol. The van der Waals surface area contributed by atoms with E-state index in [0.29, 0.717) is 23.6 Å². The third-order valence-electron chi connectivity index (χ3n) is 8.70. The molecule has 0 aromatic carbocycles. The van der Waals surface area contributed by atoms with Crippen LogP contribution in [0.1, 0.15) is 129 Å². The van der Waals surface area contributed by atoms with Crippen molar-refractivity contribution in [2.24, 2.45) is 36.6 Å². The van der Waals surface area contributed by atoms with Crippen molar-refractivity contribution in [1.82, 2.24) is 19.6 Å². The number of aryl methyl sites for hydroxylation is 3. The SMILES string of the molecule is CC(C)C(=O)CCC1CC1.CC(C)C(=O)COC1CCOCC1.CCn1cc(C(=O)C(C)C)cn1.Cc1cnn(C)c1CCC(=O)C(C)C. The smallest absolute Gasteiger partial charge is 0.168 e. The van der Waals surface area contributed by atoms with E-state index in [4.69, 9.17) is 9.47 Å². The summed E-state index contributed by atoms with van der Waals surface area (Å²) in [5, 5.41) is 8.18. The Bertz CT molecular complexity index is 1250. The molecule has 0 radical (unpaired) electrons. The van der Waals surface area contributed by atoms with E-state index in [2.05, 4.69) is 10.2 Å². The largest absolute Gasteiger partial charge is 0.381 e. The highest BCUT2D eigenvalue weighted by Crippen LogP contribution is 2.33. The summed E-state index contributed by atoms with van der Waals surface area (Å²) in [4.78, 5) is 45.2. The van der Waals surface area contributed by atoms with E-state index in [1.165, 1.54) is 24.1 Å². The second-order valence-corrected chi connectivity index (χ2v) is 14.5. The Kier molecular flexibility index (Phi) is 21.1. The number of ether oxygens (including phenoxy) is 2. The zero-order valence-electron chi connectivity index (χ0n) is 32.4. The summed E-state index contributed by atoms with van der Waals surface area (Å²) in [7, 11) is 1.92. The lowest BCUT2D eigenvalue weighted by molar-refractivity contribution is -0.130. The maximum atomic E-state index is 11.4. The van der Waals surface area contributed by atoms with Crippen LogP contribution in [0.5, 0.6) is 0 Å². The van der Waals surface area contributed by atoms with Crippen molar-refractivity contribution in [3.63, 3.8) is 0 Å². The minimum atomic E-state index is 0.0551. The molecule has 2 aromatic rings. The normalized spacial score (nSPS) is 14.5. The van der Waals surface area contributed by atoms with Gasteiger partial charge in [0, 0.05) is 75.2 Å². The number of hydrogen-bond acceptors (Lipinski definition) is 8. The van der Waals surface area contributed by atoms with Gasteiger partial charge in [0.2, 0.25) is 0 Å². The first kappa shape index (κ1) is 44.0. The van der Waals surface area contributed by atoms with E-state index in [9.17, 15) is 19.2 Å². The van der Waals surface area contributed by atoms with Crippen LogP contribution >= 0.6 is 0 Å². The summed E-state index contributed by atoms with van der Waals surface area (Å²) in [6, 6.07) is 0. The quantitative estimate of drug-likeness (QED) is 0.177. The summed E-state index contributed by atoms with van der Waals surface area (Å²) in [5.74, 6) is 2.54. The predicted molar refractivity (Wildman–Crippen MR) is 195 cm³/mol. The summed E-state index contributed by atoms with van der Waals surface area (Å²) in [6.07, 6.45) is 13.5. The minimum Gasteiger partial charge on any atom is -0.381 e. The molecule has 2 fully saturated rings. The first-order valence-electron chi connectivity index (χ1n) is 18.4. The second kappa shape index (κ2) is 23.4. The number of ketones is 4. The topological polar surface area (TPSA) is 122 Å². The molecule has 1 saturated carbocycles. The number of carbonyl (C=O) groups is 4. The van der Waals surface area contributed by atoms with Crippen LogP contribution in [0.2, 0.25) is 0 Å². The molecule has 2 aliphatic rings. The van der Waals surface area contributed by atoms with Gasteiger partial charge in [-0.15, -0.1) is 0 Å². The lowest BCUT2D eigenvalue weighted by Gasteiger charge is -2.22. The molecule has 1 saturated heterocycles. The van der Waals surface area contributed by atoms with Gasteiger partial charge in [-0.25, -0.2) is 0 Å². The Morgan fingerprint density at radius 2 is 1.39 bits per heavy atom. The molecular formula is C39H66N4O6. The van der Waals surface area contributed by atoms with Crippen LogP contribution in [0.3, 0.4) is 0 Å². The van der Waals surface area contributed by atoms with Crippen molar-refractivity contribution in [3.05, 3.63) is 35.4 Å². The van der Waals surface area contributed by atoms with Crippen LogP contribution in [-0.2, 0) is 43.9 Å². The van der Waals surface area contributed by atoms with Crippen molar-refractivity contribution in [3.8, 4) is 0 Å². The zero-order valence-corrected chi connectivity index (χ0v) is 32.4. The van der Waals surface area contributed by atoms with Gasteiger partial charge in [-0.3, -0.25) is 28.5 Å². The van der Waals surface area contributed by atoms with E-state index < -0.39 is 0 Å². The fraction of sp³-hybridized carbons (Fsp3) is 0.744. The van der Waals surface area contributed by atoms with Gasteiger partial charge in [0.15, 0.2) is 11.6 Å². The first-order chi connectivity index (χ1) is 23.1. The molecule has 10 heteroatoms. The van der Waals surface area contributed by atoms with Crippen LogP contribution in [-0.4, -0.2) is 68.6 Å². The third-order valence-corrected chi connectivity index (χ3v) is 8.70. The average Bonchev–Trinajstić information content (AvgIpc) is 3.69. The van der Waals surface area contributed by atoms with E-state index >= 15 is 0 Å². The highest BCUT2D eigenvalue weighted by molar-refractivity contribution is 5.96. The van der Waals surface area contributed by atoms with Crippen molar-refractivity contribution >= 4 is 23.1 Å². The molecule has 2 aromatic heterocycles. The molecule has 3 heterocycles. The van der Waals surface area contributed by atoms with Gasteiger partial charge in [0.05, 0.1) is 24.1 Å². The van der Waals surface area contributed by atoms with E-state index in [1.807, 2.05) is 87.2 Å². The van der Waals surface area contributed by atoms with Gasteiger partial charge in [-0.1, -0.05) is 68.2 Å². The Balaban J connectivity index is 0.000000329. The molecule has 49 heavy (non-hydrogen) atoms. The lowest BCUT2D eigenvalue weighted by atomic mass is 10.0. The molecule has 0 atom stereocenters. The number of hydrogen-bond donors (Lipinski definition) is 0.